The molecule has 2 bridgehead atoms. The first-order chi connectivity index (χ1) is 9.06. The molecule has 102 valence electrons. The third-order valence-electron chi connectivity index (χ3n) is 5.38. The average Bonchev–Trinajstić information content (AvgIpc) is 2.38. The van der Waals surface area contributed by atoms with E-state index in [0.717, 1.165) is 19.4 Å². The summed E-state index contributed by atoms with van der Waals surface area (Å²) in [6.45, 7) is 7.95. The largest absolute Gasteiger partial charge is 0.508 e. The van der Waals surface area contributed by atoms with Crippen LogP contribution in [0.5, 0.6) is 5.75 Å². The summed E-state index contributed by atoms with van der Waals surface area (Å²) in [6.07, 6.45) is 6.63. The molecule has 1 aromatic carbocycles. The average molecular weight is 257 g/mol. The molecular weight excluding hydrogens is 234 g/mol. The zero-order chi connectivity index (χ0) is 13.6. The number of benzene rings is 1. The highest BCUT2D eigenvalue weighted by molar-refractivity contribution is 5.44. The highest BCUT2D eigenvalue weighted by Gasteiger charge is 2.47. The molecule has 19 heavy (non-hydrogen) atoms. The number of aromatic hydroxyl groups is 1. The number of allylic oxidation sites excluding steroid dienone is 1. The van der Waals surface area contributed by atoms with Crippen molar-refractivity contribution in [2.45, 2.75) is 45.1 Å². The van der Waals surface area contributed by atoms with Crippen molar-refractivity contribution in [3.8, 4) is 5.75 Å². The second-order valence-corrected chi connectivity index (χ2v) is 6.29. The fraction of sp³-hybridized carbons (Fsp3) is 0.529. The van der Waals surface area contributed by atoms with E-state index in [2.05, 4.69) is 44.0 Å². The molecule has 0 spiro atoms. The molecule has 1 aliphatic heterocycles. The van der Waals surface area contributed by atoms with E-state index in [1.54, 1.807) is 0 Å². The van der Waals surface area contributed by atoms with Crippen LogP contribution in [0.25, 0.3) is 0 Å². The van der Waals surface area contributed by atoms with Crippen LogP contribution in [0.15, 0.2) is 30.5 Å². The molecule has 1 N–H and O–H groups in total. The number of nitrogens with zero attached hydrogens (tertiary/aromatic N) is 1. The Bertz CT molecular complexity index is 522. The van der Waals surface area contributed by atoms with Crippen molar-refractivity contribution in [3.63, 3.8) is 0 Å². The standard InChI is InChI=1S/C17H23NO/c1-4-8-18-9-7-17(3)12(2)16(18)10-13-5-6-14(19)11-15(13)17/h4-6,8,11-12,16,19H,7,9-10H2,1-3H3/b8-4+/t12-,16+,17+/m0/s1. The van der Waals surface area contributed by atoms with Crippen molar-refractivity contribution < 1.29 is 5.11 Å². The van der Waals surface area contributed by atoms with Crippen LogP contribution in [0, 0.1) is 5.92 Å². The number of hydrogen-bond acceptors (Lipinski definition) is 2. The van der Waals surface area contributed by atoms with Crippen molar-refractivity contribution >= 4 is 0 Å². The maximum atomic E-state index is 9.80. The van der Waals surface area contributed by atoms with Crippen LogP contribution >= 0.6 is 0 Å². The van der Waals surface area contributed by atoms with Gasteiger partial charge in [0.2, 0.25) is 0 Å². The monoisotopic (exact) mass is 257 g/mol. The smallest absolute Gasteiger partial charge is 0.115 e. The number of rotatable bonds is 1. The van der Waals surface area contributed by atoms with Crippen LogP contribution in [0.3, 0.4) is 0 Å². The van der Waals surface area contributed by atoms with Gasteiger partial charge in [0, 0.05) is 12.6 Å². The van der Waals surface area contributed by atoms with Gasteiger partial charge < -0.3 is 10.0 Å². The molecule has 0 radical (unpaired) electrons. The van der Waals surface area contributed by atoms with Crippen molar-refractivity contribution in [3.05, 3.63) is 41.6 Å². The molecule has 0 amide bonds. The maximum Gasteiger partial charge on any atom is 0.115 e. The number of phenols is 1. The molecule has 3 atom stereocenters. The second kappa shape index (κ2) is 4.29. The maximum absolute atomic E-state index is 9.80. The summed E-state index contributed by atoms with van der Waals surface area (Å²) in [5, 5.41) is 9.80. The molecule has 0 saturated carbocycles. The normalized spacial score (nSPS) is 33.5. The van der Waals surface area contributed by atoms with E-state index in [-0.39, 0.29) is 5.41 Å². The Labute approximate surface area is 115 Å². The van der Waals surface area contributed by atoms with Crippen LogP contribution in [0.2, 0.25) is 0 Å². The first-order valence-electron chi connectivity index (χ1n) is 7.27. The van der Waals surface area contributed by atoms with Crippen molar-refractivity contribution in [1.29, 1.82) is 0 Å². The highest BCUT2D eigenvalue weighted by Crippen LogP contribution is 2.49. The first-order valence-corrected chi connectivity index (χ1v) is 7.27. The summed E-state index contributed by atoms with van der Waals surface area (Å²) in [5.41, 5.74) is 2.99. The SMILES string of the molecule is C/C=C/N1CC[C@@]2(C)c3cc(O)ccc3C[C@@H]1[C@@H]2C. The second-order valence-electron chi connectivity index (χ2n) is 6.29. The molecule has 1 fully saturated rings. The minimum Gasteiger partial charge on any atom is -0.508 e. The topological polar surface area (TPSA) is 23.5 Å². The molecule has 1 saturated heterocycles. The van der Waals surface area contributed by atoms with E-state index in [4.69, 9.17) is 0 Å². The number of fused-ring (bicyclic) bond motifs is 4. The molecular formula is C17H23NO. The van der Waals surface area contributed by atoms with E-state index in [0.29, 0.717) is 17.7 Å². The Morgan fingerprint density at radius 3 is 2.95 bits per heavy atom. The molecule has 0 aromatic heterocycles. The Morgan fingerprint density at radius 2 is 2.21 bits per heavy atom. The summed E-state index contributed by atoms with van der Waals surface area (Å²) < 4.78 is 0. The van der Waals surface area contributed by atoms with Crippen LogP contribution < -0.4 is 0 Å². The van der Waals surface area contributed by atoms with Crippen molar-refractivity contribution in [2.75, 3.05) is 6.54 Å². The predicted octanol–water partition coefficient (Wildman–Crippen LogP) is 3.45. The van der Waals surface area contributed by atoms with Crippen molar-refractivity contribution in [1.82, 2.24) is 4.90 Å². The Kier molecular flexibility index (Phi) is 2.84. The highest BCUT2D eigenvalue weighted by atomic mass is 16.3. The predicted molar refractivity (Wildman–Crippen MR) is 78.3 cm³/mol. The van der Waals surface area contributed by atoms with E-state index in [9.17, 15) is 5.11 Å². The number of likely N-dealkylation sites (tertiary alicyclic amines) is 1. The molecule has 2 aliphatic rings. The van der Waals surface area contributed by atoms with E-state index >= 15 is 0 Å². The van der Waals surface area contributed by atoms with Gasteiger partial charge in [0.05, 0.1) is 0 Å². The lowest BCUT2D eigenvalue weighted by Crippen LogP contribution is -2.56. The summed E-state index contributed by atoms with van der Waals surface area (Å²) in [5.74, 6) is 1.02. The molecule has 1 aromatic rings. The fourth-order valence-electron chi connectivity index (χ4n) is 4.02. The third-order valence-corrected chi connectivity index (χ3v) is 5.38. The van der Waals surface area contributed by atoms with Gasteiger partial charge in [-0.2, -0.15) is 0 Å². The molecule has 2 heteroatoms. The van der Waals surface area contributed by atoms with Crippen LogP contribution in [-0.4, -0.2) is 22.6 Å². The molecule has 0 unspecified atom stereocenters. The summed E-state index contributed by atoms with van der Waals surface area (Å²) in [6, 6.07) is 6.52. The summed E-state index contributed by atoms with van der Waals surface area (Å²) in [4.78, 5) is 2.50. The van der Waals surface area contributed by atoms with Crippen molar-refractivity contribution in [2.24, 2.45) is 5.92 Å². The van der Waals surface area contributed by atoms with Crippen LogP contribution in [0.4, 0.5) is 0 Å². The lowest BCUT2D eigenvalue weighted by molar-refractivity contribution is 0.0654. The Hall–Kier alpha value is -1.44. The first kappa shape index (κ1) is 12.6. The van der Waals surface area contributed by atoms with Gasteiger partial charge in [0.15, 0.2) is 0 Å². The van der Waals surface area contributed by atoms with Gasteiger partial charge in [-0.3, -0.25) is 0 Å². The Morgan fingerprint density at radius 1 is 1.42 bits per heavy atom. The van der Waals surface area contributed by atoms with Gasteiger partial charge in [-0.05, 0) is 60.6 Å². The quantitative estimate of drug-likeness (QED) is 0.833. The number of hydrogen-bond donors (Lipinski definition) is 1. The lowest BCUT2D eigenvalue weighted by Gasteiger charge is -2.54. The third kappa shape index (κ3) is 1.77. The van der Waals surface area contributed by atoms with Gasteiger partial charge in [0.25, 0.3) is 0 Å². The number of phenolic OH excluding ortho intramolecular Hbond substituents is 1. The molecule has 2 nitrogen and oxygen atoms in total. The van der Waals surface area contributed by atoms with Gasteiger partial charge in [0.1, 0.15) is 5.75 Å². The zero-order valence-corrected chi connectivity index (χ0v) is 12.1. The van der Waals surface area contributed by atoms with Crippen LogP contribution in [-0.2, 0) is 11.8 Å². The van der Waals surface area contributed by atoms with Crippen LogP contribution in [0.1, 0.15) is 38.3 Å². The minimum atomic E-state index is 0.203. The fourth-order valence-corrected chi connectivity index (χ4v) is 4.02. The molecule has 1 aliphatic carbocycles. The van der Waals surface area contributed by atoms with Gasteiger partial charge in [-0.15, -0.1) is 0 Å². The zero-order valence-electron chi connectivity index (χ0n) is 12.1. The van der Waals surface area contributed by atoms with Gasteiger partial charge in [-0.25, -0.2) is 0 Å². The minimum absolute atomic E-state index is 0.203. The lowest BCUT2D eigenvalue weighted by atomic mass is 9.59. The van der Waals surface area contributed by atoms with Gasteiger partial charge >= 0.3 is 0 Å². The summed E-state index contributed by atoms with van der Waals surface area (Å²) >= 11 is 0. The van der Waals surface area contributed by atoms with E-state index in [1.807, 2.05) is 12.1 Å². The molecule has 3 rings (SSSR count). The molecule has 1 heterocycles. The number of piperidine rings is 1. The van der Waals surface area contributed by atoms with Gasteiger partial charge in [-0.1, -0.05) is 26.0 Å². The van der Waals surface area contributed by atoms with E-state index < -0.39 is 0 Å². The summed E-state index contributed by atoms with van der Waals surface area (Å²) in [7, 11) is 0. The van der Waals surface area contributed by atoms with E-state index in [1.165, 1.54) is 11.1 Å². The Balaban J connectivity index is 2.08.